The van der Waals surface area contributed by atoms with Gasteiger partial charge in [-0.05, 0) is 54.8 Å². The van der Waals surface area contributed by atoms with E-state index in [4.69, 9.17) is 11.6 Å². The highest BCUT2D eigenvalue weighted by Crippen LogP contribution is 2.21. The van der Waals surface area contributed by atoms with Gasteiger partial charge in [0.05, 0.1) is 4.90 Å². The van der Waals surface area contributed by atoms with Crippen LogP contribution < -0.4 is 10.9 Å². The molecule has 2 N–H and O–H groups in total. The zero-order valence-corrected chi connectivity index (χ0v) is 17.0. The molecule has 2 amide bonds. The Labute approximate surface area is 174 Å². The Morgan fingerprint density at radius 1 is 1.00 bits per heavy atom. The molecule has 1 aliphatic rings. The maximum Gasteiger partial charge on any atom is 0.269 e. The van der Waals surface area contributed by atoms with Gasteiger partial charge >= 0.3 is 0 Å². The van der Waals surface area contributed by atoms with Crippen molar-refractivity contribution in [3.8, 4) is 0 Å². The normalized spacial score (nSPS) is 14.8. The Balaban J connectivity index is 1.61. The average Bonchev–Trinajstić information content (AvgIpc) is 3.26. The summed E-state index contributed by atoms with van der Waals surface area (Å²) in [6, 6.07) is 12.7. The van der Waals surface area contributed by atoms with E-state index in [-0.39, 0.29) is 10.5 Å². The van der Waals surface area contributed by atoms with Crippen LogP contribution in [0.5, 0.6) is 0 Å². The summed E-state index contributed by atoms with van der Waals surface area (Å²) in [7, 11) is -3.62. The predicted octanol–water partition coefficient (Wildman–Crippen LogP) is 2.60. The molecule has 1 heterocycles. The summed E-state index contributed by atoms with van der Waals surface area (Å²) >= 11 is 5.88. The Morgan fingerprint density at radius 3 is 2.45 bits per heavy atom. The van der Waals surface area contributed by atoms with Crippen molar-refractivity contribution in [2.75, 3.05) is 13.1 Å². The van der Waals surface area contributed by atoms with E-state index in [1.165, 1.54) is 34.6 Å². The third-order valence-electron chi connectivity index (χ3n) is 4.37. The molecule has 0 unspecified atom stereocenters. The van der Waals surface area contributed by atoms with Gasteiger partial charge in [0.2, 0.25) is 10.0 Å². The monoisotopic (exact) mass is 433 g/mol. The minimum Gasteiger partial charge on any atom is -0.268 e. The van der Waals surface area contributed by atoms with E-state index in [9.17, 15) is 18.0 Å². The quantitative estimate of drug-likeness (QED) is 0.559. The number of hydrogen-bond donors (Lipinski definition) is 2. The van der Waals surface area contributed by atoms with Crippen LogP contribution in [0, 0.1) is 0 Å². The second-order valence-corrected chi connectivity index (χ2v) is 8.85. The van der Waals surface area contributed by atoms with Crippen LogP contribution in [0.15, 0.2) is 59.5 Å². The summed E-state index contributed by atoms with van der Waals surface area (Å²) < 4.78 is 26.7. The Kier molecular flexibility index (Phi) is 6.68. The van der Waals surface area contributed by atoms with Crippen LogP contribution in [0.25, 0.3) is 6.08 Å². The first-order chi connectivity index (χ1) is 13.9. The van der Waals surface area contributed by atoms with Crippen molar-refractivity contribution in [1.29, 1.82) is 0 Å². The summed E-state index contributed by atoms with van der Waals surface area (Å²) in [4.78, 5) is 24.2. The van der Waals surface area contributed by atoms with Crippen LogP contribution in [-0.4, -0.2) is 37.6 Å². The molecule has 0 atom stereocenters. The molecule has 0 saturated carbocycles. The number of sulfonamides is 1. The third kappa shape index (κ3) is 5.44. The molecule has 29 heavy (non-hydrogen) atoms. The minimum absolute atomic E-state index is 0.0548. The van der Waals surface area contributed by atoms with Gasteiger partial charge in [0.25, 0.3) is 11.8 Å². The number of carbonyl (C=O) groups excluding carboxylic acids is 2. The van der Waals surface area contributed by atoms with Crippen molar-refractivity contribution in [2.45, 2.75) is 17.7 Å². The first-order valence-corrected chi connectivity index (χ1v) is 10.8. The van der Waals surface area contributed by atoms with E-state index in [2.05, 4.69) is 10.9 Å². The van der Waals surface area contributed by atoms with Gasteiger partial charge in [0.1, 0.15) is 0 Å². The fourth-order valence-electron chi connectivity index (χ4n) is 2.89. The third-order valence-corrected chi connectivity index (χ3v) is 6.50. The highest BCUT2D eigenvalue weighted by atomic mass is 35.5. The highest BCUT2D eigenvalue weighted by molar-refractivity contribution is 7.89. The molecule has 9 heteroatoms. The van der Waals surface area contributed by atoms with Crippen molar-refractivity contribution < 1.29 is 18.0 Å². The van der Waals surface area contributed by atoms with Gasteiger partial charge < -0.3 is 0 Å². The van der Waals surface area contributed by atoms with Crippen molar-refractivity contribution in [3.05, 3.63) is 70.8 Å². The largest absolute Gasteiger partial charge is 0.269 e. The molecule has 152 valence electrons. The van der Waals surface area contributed by atoms with Crippen LogP contribution in [0.2, 0.25) is 5.02 Å². The number of nitrogens with one attached hydrogen (secondary N) is 2. The molecule has 0 aliphatic carbocycles. The molecule has 1 aliphatic heterocycles. The fourth-order valence-corrected chi connectivity index (χ4v) is 4.65. The standard InChI is InChI=1S/C20H20ClN3O4S/c21-17-7-3-5-15(13-17)9-10-19(25)22-23-20(26)16-6-4-8-18(14-16)29(27,28)24-11-1-2-12-24/h3-10,13-14H,1-2,11-12H2,(H,22,25)(H,23,26)/b10-9+. The molecule has 2 aromatic rings. The van der Waals surface area contributed by atoms with Crippen LogP contribution in [0.4, 0.5) is 0 Å². The second-order valence-electron chi connectivity index (χ2n) is 6.47. The van der Waals surface area contributed by atoms with Gasteiger partial charge in [-0.25, -0.2) is 8.42 Å². The van der Waals surface area contributed by atoms with E-state index in [0.717, 1.165) is 18.4 Å². The fraction of sp³-hybridized carbons (Fsp3) is 0.200. The van der Waals surface area contributed by atoms with Gasteiger partial charge in [-0.15, -0.1) is 0 Å². The molecule has 0 spiro atoms. The maximum absolute atomic E-state index is 12.6. The zero-order chi connectivity index (χ0) is 20.9. The van der Waals surface area contributed by atoms with E-state index in [1.807, 2.05) is 0 Å². The first-order valence-electron chi connectivity index (χ1n) is 9.00. The molecular weight excluding hydrogens is 414 g/mol. The number of carbonyl (C=O) groups is 2. The summed E-state index contributed by atoms with van der Waals surface area (Å²) in [6.45, 7) is 0.960. The van der Waals surface area contributed by atoms with Crippen molar-refractivity contribution >= 4 is 39.5 Å². The Hall–Kier alpha value is -2.68. The number of hydrogen-bond acceptors (Lipinski definition) is 4. The lowest BCUT2D eigenvalue weighted by molar-refractivity contribution is -0.117. The summed E-state index contributed by atoms with van der Waals surface area (Å²) in [5.74, 6) is -1.16. The van der Waals surface area contributed by atoms with Gasteiger partial charge in [-0.3, -0.25) is 20.4 Å². The lowest BCUT2D eigenvalue weighted by atomic mass is 10.2. The number of amides is 2. The van der Waals surface area contributed by atoms with Crippen LogP contribution >= 0.6 is 11.6 Å². The average molecular weight is 434 g/mol. The SMILES string of the molecule is O=C(/C=C/c1cccc(Cl)c1)NNC(=O)c1cccc(S(=O)(=O)N2CCCC2)c1. The predicted molar refractivity (Wildman–Crippen MR) is 111 cm³/mol. The highest BCUT2D eigenvalue weighted by Gasteiger charge is 2.27. The van der Waals surface area contributed by atoms with Gasteiger partial charge in [-0.2, -0.15) is 4.31 Å². The molecule has 1 fully saturated rings. The first kappa shape index (κ1) is 21.0. The number of hydrazine groups is 1. The van der Waals surface area contributed by atoms with Crippen LogP contribution in [-0.2, 0) is 14.8 Å². The summed E-state index contributed by atoms with van der Waals surface area (Å²) in [5, 5.41) is 0.546. The lowest BCUT2D eigenvalue weighted by Gasteiger charge is -2.16. The van der Waals surface area contributed by atoms with E-state index >= 15 is 0 Å². The van der Waals surface area contributed by atoms with E-state index in [1.54, 1.807) is 30.3 Å². The maximum atomic E-state index is 12.6. The van der Waals surface area contributed by atoms with Gasteiger partial charge in [0.15, 0.2) is 0 Å². The molecule has 7 nitrogen and oxygen atoms in total. The number of nitrogens with zero attached hydrogens (tertiary/aromatic N) is 1. The number of halogens is 1. The summed E-state index contributed by atoms with van der Waals surface area (Å²) in [6.07, 6.45) is 4.46. The van der Waals surface area contributed by atoms with Crippen molar-refractivity contribution in [3.63, 3.8) is 0 Å². The van der Waals surface area contributed by atoms with Gasteiger partial charge in [0, 0.05) is 29.8 Å². The Bertz CT molecular complexity index is 1050. The van der Waals surface area contributed by atoms with Crippen LogP contribution in [0.3, 0.4) is 0 Å². The van der Waals surface area contributed by atoms with E-state index in [0.29, 0.717) is 18.1 Å². The van der Waals surface area contributed by atoms with Crippen LogP contribution in [0.1, 0.15) is 28.8 Å². The molecule has 3 rings (SSSR count). The van der Waals surface area contributed by atoms with Crippen molar-refractivity contribution in [1.82, 2.24) is 15.2 Å². The topological polar surface area (TPSA) is 95.6 Å². The number of benzene rings is 2. The summed E-state index contributed by atoms with van der Waals surface area (Å²) in [5.41, 5.74) is 5.40. The Morgan fingerprint density at radius 2 is 1.72 bits per heavy atom. The minimum atomic E-state index is -3.62. The smallest absolute Gasteiger partial charge is 0.268 e. The molecule has 1 saturated heterocycles. The molecular formula is C20H20ClN3O4S. The number of rotatable bonds is 5. The van der Waals surface area contributed by atoms with Gasteiger partial charge in [-0.1, -0.05) is 29.8 Å². The second kappa shape index (κ2) is 9.21. The molecule has 0 aromatic heterocycles. The zero-order valence-electron chi connectivity index (χ0n) is 15.5. The lowest BCUT2D eigenvalue weighted by Crippen LogP contribution is -2.40. The van der Waals surface area contributed by atoms with Crippen molar-refractivity contribution in [2.24, 2.45) is 0 Å². The molecule has 0 bridgehead atoms. The molecule has 0 radical (unpaired) electrons. The molecule has 2 aromatic carbocycles. The van der Waals surface area contributed by atoms with E-state index < -0.39 is 21.8 Å².